The molecule has 208 valence electrons. The molecule has 0 unspecified atom stereocenters. The number of hydrogen-bond donors (Lipinski definition) is 1. The molecule has 1 saturated heterocycles. The monoisotopic (exact) mass is 650 g/mol. The average Bonchev–Trinajstić information content (AvgIpc) is 3.21. The Morgan fingerprint density at radius 2 is 1.85 bits per heavy atom. The number of thioether (sulfide) groups is 1. The van der Waals surface area contributed by atoms with Crippen LogP contribution in [0.3, 0.4) is 0 Å². The van der Waals surface area contributed by atoms with Crippen LogP contribution in [0.25, 0.3) is 16.8 Å². The quantitative estimate of drug-likeness (QED) is 0.196. The topological polar surface area (TPSA) is 84.9 Å². The molecule has 1 N–H and O–H groups in total. The maximum Gasteiger partial charge on any atom is 0.294 e. The lowest BCUT2D eigenvalue weighted by Gasteiger charge is -2.15. The van der Waals surface area contributed by atoms with Crippen molar-refractivity contribution in [2.75, 3.05) is 19.0 Å². The highest BCUT2D eigenvalue weighted by molar-refractivity contribution is 9.10. The largest absolute Gasteiger partial charge is 0.493 e. The van der Waals surface area contributed by atoms with E-state index in [1.54, 1.807) is 36.4 Å². The summed E-state index contributed by atoms with van der Waals surface area (Å²) in [5.41, 5.74) is 2.98. The Labute approximate surface area is 254 Å². The van der Waals surface area contributed by atoms with Crippen LogP contribution in [0.2, 0.25) is 5.02 Å². The third-order valence-electron chi connectivity index (χ3n) is 6.45. The van der Waals surface area contributed by atoms with Crippen LogP contribution in [-0.4, -0.2) is 35.6 Å². The van der Waals surface area contributed by atoms with Crippen LogP contribution >= 0.6 is 39.3 Å². The molecule has 0 spiro atoms. The zero-order valence-corrected chi connectivity index (χ0v) is 25.2. The normalized spacial score (nSPS) is 14.1. The number of halogens is 2. The summed E-state index contributed by atoms with van der Waals surface area (Å²) in [6.45, 7) is 1.73. The van der Waals surface area contributed by atoms with Crippen molar-refractivity contribution in [3.05, 3.63) is 104 Å². The van der Waals surface area contributed by atoms with Gasteiger partial charge >= 0.3 is 0 Å². The molecule has 1 aliphatic rings. The van der Waals surface area contributed by atoms with Crippen molar-refractivity contribution in [1.82, 2.24) is 4.90 Å². The number of ether oxygens (including phenoxy) is 2. The van der Waals surface area contributed by atoms with E-state index < -0.39 is 23.6 Å². The van der Waals surface area contributed by atoms with Crippen LogP contribution in [0.4, 0.5) is 10.5 Å². The number of amides is 3. The van der Waals surface area contributed by atoms with Gasteiger partial charge in [0.1, 0.15) is 13.2 Å². The highest BCUT2D eigenvalue weighted by atomic mass is 79.9. The number of imide groups is 1. The molecule has 0 aliphatic carbocycles. The Hall–Kier alpha value is -3.79. The summed E-state index contributed by atoms with van der Waals surface area (Å²) in [6, 6.07) is 22.8. The summed E-state index contributed by atoms with van der Waals surface area (Å²) in [5, 5.41) is 4.88. The Kier molecular flexibility index (Phi) is 8.68. The van der Waals surface area contributed by atoms with Gasteiger partial charge in [0.05, 0.1) is 16.5 Å². The van der Waals surface area contributed by atoms with E-state index in [4.69, 9.17) is 21.1 Å². The minimum atomic E-state index is -0.552. The Morgan fingerprint density at radius 1 is 1.07 bits per heavy atom. The van der Waals surface area contributed by atoms with E-state index in [0.29, 0.717) is 38.9 Å². The fourth-order valence-electron chi connectivity index (χ4n) is 4.38. The SMILES string of the molecule is COc1cc(/C=C2/SC(=O)N(CC(=O)Nc3cc(Cl)ccc3C)C2=O)cc(Br)c1OCc1cccc2ccccc12. The van der Waals surface area contributed by atoms with Crippen LogP contribution < -0.4 is 14.8 Å². The van der Waals surface area contributed by atoms with Gasteiger partial charge in [-0.05, 0) is 92.4 Å². The van der Waals surface area contributed by atoms with Crippen molar-refractivity contribution >= 4 is 78.9 Å². The highest BCUT2D eigenvalue weighted by Gasteiger charge is 2.36. The van der Waals surface area contributed by atoms with Gasteiger partial charge in [-0.15, -0.1) is 0 Å². The number of anilines is 1. The number of carbonyl (C=O) groups excluding carboxylic acids is 3. The minimum Gasteiger partial charge on any atom is -0.493 e. The number of nitrogens with zero attached hydrogens (tertiary/aromatic N) is 1. The first-order valence-electron chi connectivity index (χ1n) is 12.5. The number of methoxy groups -OCH3 is 1. The van der Waals surface area contributed by atoms with Gasteiger partial charge in [0.2, 0.25) is 5.91 Å². The molecule has 0 radical (unpaired) electrons. The fraction of sp³-hybridized carbons (Fsp3) is 0.129. The third-order valence-corrected chi connectivity index (χ3v) is 8.18. The van der Waals surface area contributed by atoms with Gasteiger partial charge in [0.25, 0.3) is 11.1 Å². The molecule has 0 atom stereocenters. The van der Waals surface area contributed by atoms with Gasteiger partial charge in [-0.3, -0.25) is 19.3 Å². The third kappa shape index (κ3) is 6.43. The molecule has 0 bridgehead atoms. The Morgan fingerprint density at radius 3 is 2.66 bits per heavy atom. The second-order valence-corrected chi connectivity index (χ2v) is 11.5. The lowest BCUT2D eigenvalue weighted by Crippen LogP contribution is -2.36. The lowest BCUT2D eigenvalue weighted by molar-refractivity contribution is -0.127. The van der Waals surface area contributed by atoms with Crippen molar-refractivity contribution in [2.45, 2.75) is 13.5 Å². The zero-order valence-electron chi connectivity index (χ0n) is 22.1. The first kappa shape index (κ1) is 28.7. The second kappa shape index (κ2) is 12.4. The number of hydrogen-bond acceptors (Lipinski definition) is 6. The molecule has 7 nitrogen and oxygen atoms in total. The number of carbonyl (C=O) groups is 3. The van der Waals surface area contributed by atoms with Crippen LogP contribution in [0, 0.1) is 6.92 Å². The average molecular weight is 652 g/mol. The molecular formula is C31H24BrClN2O5S. The standard InChI is InChI=1S/C31H24BrClN2O5S/c1-18-10-11-22(33)15-25(18)34-28(36)16-35-30(37)27(41-31(35)38)14-19-12-24(32)29(26(13-19)39-2)40-17-21-8-5-7-20-6-3-4-9-23(20)21/h3-15H,16-17H2,1-2H3,(H,34,36)/b27-14+. The van der Waals surface area contributed by atoms with Gasteiger partial charge in [-0.25, -0.2) is 0 Å². The van der Waals surface area contributed by atoms with Crippen molar-refractivity contribution in [3.63, 3.8) is 0 Å². The molecule has 1 aliphatic heterocycles. The van der Waals surface area contributed by atoms with Gasteiger partial charge in [0, 0.05) is 10.7 Å². The van der Waals surface area contributed by atoms with Crippen molar-refractivity contribution in [1.29, 1.82) is 0 Å². The summed E-state index contributed by atoms with van der Waals surface area (Å²) >= 11 is 10.4. The van der Waals surface area contributed by atoms with Crippen LogP contribution in [0.15, 0.2) is 82.2 Å². The van der Waals surface area contributed by atoms with Crippen molar-refractivity contribution in [2.24, 2.45) is 0 Å². The molecule has 10 heteroatoms. The molecule has 4 aromatic rings. The van der Waals surface area contributed by atoms with Crippen LogP contribution in [0.1, 0.15) is 16.7 Å². The van der Waals surface area contributed by atoms with E-state index in [0.717, 1.165) is 38.6 Å². The van der Waals surface area contributed by atoms with E-state index in [2.05, 4.69) is 39.4 Å². The molecule has 1 fully saturated rings. The highest BCUT2D eigenvalue weighted by Crippen LogP contribution is 2.40. The maximum absolute atomic E-state index is 13.0. The van der Waals surface area contributed by atoms with Gasteiger partial charge < -0.3 is 14.8 Å². The predicted molar refractivity (Wildman–Crippen MR) is 166 cm³/mol. The molecule has 3 amide bonds. The Bertz CT molecular complexity index is 1720. The zero-order chi connectivity index (χ0) is 29.1. The van der Waals surface area contributed by atoms with E-state index in [1.807, 2.05) is 31.2 Å². The lowest BCUT2D eigenvalue weighted by atomic mass is 10.1. The van der Waals surface area contributed by atoms with Crippen molar-refractivity contribution < 1.29 is 23.9 Å². The van der Waals surface area contributed by atoms with Crippen LogP contribution in [-0.2, 0) is 16.2 Å². The number of rotatable bonds is 8. The summed E-state index contributed by atoms with van der Waals surface area (Å²) < 4.78 is 12.4. The molecule has 0 saturated carbocycles. The van der Waals surface area contributed by atoms with E-state index >= 15 is 0 Å². The summed E-state index contributed by atoms with van der Waals surface area (Å²) in [7, 11) is 1.53. The molecule has 1 heterocycles. The first-order chi connectivity index (χ1) is 19.7. The van der Waals surface area contributed by atoms with E-state index in [-0.39, 0.29) is 4.91 Å². The molecular weight excluding hydrogens is 628 g/mol. The summed E-state index contributed by atoms with van der Waals surface area (Å²) in [5.74, 6) is -0.0830. The van der Waals surface area contributed by atoms with E-state index in [9.17, 15) is 14.4 Å². The van der Waals surface area contributed by atoms with Gasteiger partial charge in [-0.2, -0.15) is 0 Å². The smallest absolute Gasteiger partial charge is 0.294 e. The molecule has 5 rings (SSSR count). The number of benzene rings is 4. The van der Waals surface area contributed by atoms with Crippen LogP contribution in [0.5, 0.6) is 11.5 Å². The molecule has 4 aromatic carbocycles. The number of nitrogens with one attached hydrogen (secondary N) is 1. The van der Waals surface area contributed by atoms with Gasteiger partial charge in [-0.1, -0.05) is 60.1 Å². The molecule has 0 aromatic heterocycles. The number of aryl methyl sites for hydroxylation is 1. The summed E-state index contributed by atoms with van der Waals surface area (Å²) in [6.07, 6.45) is 1.59. The van der Waals surface area contributed by atoms with Crippen molar-refractivity contribution in [3.8, 4) is 11.5 Å². The predicted octanol–water partition coefficient (Wildman–Crippen LogP) is 7.83. The minimum absolute atomic E-state index is 0.195. The Balaban J connectivity index is 1.31. The second-order valence-electron chi connectivity index (χ2n) is 9.24. The number of fused-ring (bicyclic) bond motifs is 1. The van der Waals surface area contributed by atoms with E-state index in [1.165, 1.54) is 7.11 Å². The first-order valence-corrected chi connectivity index (χ1v) is 14.5. The fourth-order valence-corrected chi connectivity index (χ4v) is 5.97. The van der Waals surface area contributed by atoms with Gasteiger partial charge in [0.15, 0.2) is 11.5 Å². The molecule has 41 heavy (non-hydrogen) atoms. The summed E-state index contributed by atoms with van der Waals surface area (Å²) in [4.78, 5) is 39.4. The maximum atomic E-state index is 13.0.